The lowest BCUT2D eigenvalue weighted by Gasteiger charge is -2.07. The van der Waals surface area contributed by atoms with E-state index in [9.17, 15) is 4.79 Å². The van der Waals surface area contributed by atoms with Crippen molar-refractivity contribution in [3.63, 3.8) is 0 Å². The highest BCUT2D eigenvalue weighted by molar-refractivity contribution is 7.99. The molecule has 1 aromatic carbocycles. The zero-order valence-corrected chi connectivity index (χ0v) is 14.1. The van der Waals surface area contributed by atoms with Crippen molar-refractivity contribution in [2.45, 2.75) is 25.2 Å². The summed E-state index contributed by atoms with van der Waals surface area (Å²) in [6.07, 6.45) is 1.78. The third kappa shape index (κ3) is 4.85. The van der Waals surface area contributed by atoms with Gasteiger partial charge < -0.3 is 14.6 Å². The summed E-state index contributed by atoms with van der Waals surface area (Å²) in [6.45, 7) is 6.72. The van der Waals surface area contributed by atoms with E-state index < -0.39 is 0 Å². The normalized spacial score (nSPS) is 10.3. The van der Waals surface area contributed by atoms with Crippen LogP contribution in [0.3, 0.4) is 0 Å². The number of benzene rings is 1. The number of rotatable bonds is 8. The SMILES string of the molecule is C=CCn1c(C)nnc1SCC(=O)NCc1ccc(OC)cc1. The van der Waals surface area contributed by atoms with Crippen molar-refractivity contribution in [2.24, 2.45) is 0 Å². The van der Waals surface area contributed by atoms with Gasteiger partial charge in [0.25, 0.3) is 0 Å². The van der Waals surface area contributed by atoms with Gasteiger partial charge in [0.15, 0.2) is 5.16 Å². The maximum atomic E-state index is 12.0. The molecule has 23 heavy (non-hydrogen) atoms. The van der Waals surface area contributed by atoms with Crippen LogP contribution in [0.2, 0.25) is 0 Å². The van der Waals surface area contributed by atoms with E-state index in [1.54, 1.807) is 13.2 Å². The minimum atomic E-state index is -0.0448. The third-order valence-corrected chi connectivity index (χ3v) is 4.16. The second kappa shape index (κ2) is 8.38. The Labute approximate surface area is 139 Å². The van der Waals surface area contributed by atoms with E-state index >= 15 is 0 Å². The molecular formula is C16H20N4O2S. The van der Waals surface area contributed by atoms with Crippen molar-refractivity contribution in [2.75, 3.05) is 12.9 Å². The summed E-state index contributed by atoms with van der Waals surface area (Å²) in [7, 11) is 1.63. The molecule has 1 aromatic heterocycles. The number of nitrogens with zero attached hydrogens (tertiary/aromatic N) is 3. The molecule has 0 saturated heterocycles. The van der Waals surface area contributed by atoms with Gasteiger partial charge in [-0.1, -0.05) is 30.0 Å². The summed E-state index contributed by atoms with van der Waals surface area (Å²) in [4.78, 5) is 12.0. The van der Waals surface area contributed by atoms with Crippen LogP contribution in [0.25, 0.3) is 0 Å². The number of allylic oxidation sites excluding steroid dienone is 1. The standard InChI is InChI=1S/C16H20N4O2S/c1-4-9-20-12(2)18-19-16(20)23-11-15(21)17-10-13-5-7-14(22-3)8-6-13/h4-8H,1,9-11H2,2-3H3,(H,17,21). The first-order valence-electron chi connectivity index (χ1n) is 7.17. The molecular weight excluding hydrogens is 312 g/mol. The molecule has 0 aliphatic carbocycles. The molecule has 7 heteroatoms. The maximum absolute atomic E-state index is 12.0. The fourth-order valence-electron chi connectivity index (χ4n) is 1.93. The summed E-state index contributed by atoms with van der Waals surface area (Å²) in [5.74, 6) is 1.86. The second-order valence-electron chi connectivity index (χ2n) is 4.84. The fraction of sp³-hybridized carbons (Fsp3) is 0.312. The number of ether oxygens (including phenoxy) is 1. The van der Waals surface area contributed by atoms with Crippen LogP contribution in [0.15, 0.2) is 42.1 Å². The summed E-state index contributed by atoms with van der Waals surface area (Å²) in [6, 6.07) is 7.60. The van der Waals surface area contributed by atoms with Gasteiger partial charge in [0.2, 0.25) is 5.91 Å². The van der Waals surface area contributed by atoms with Crippen LogP contribution in [-0.4, -0.2) is 33.5 Å². The third-order valence-electron chi connectivity index (χ3n) is 3.19. The van der Waals surface area contributed by atoms with Crippen LogP contribution in [0.4, 0.5) is 0 Å². The Balaban J connectivity index is 1.82. The molecule has 2 rings (SSSR count). The molecule has 0 spiro atoms. The first-order valence-corrected chi connectivity index (χ1v) is 8.15. The van der Waals surface area contributed by atoms with E-state index in [0.29, 0.717) is 18.8 Å². The Bertz CT molecular complexity index is 667. The molecule has 0 atom stereocenters. The van der Waals surface area contributed by atoms with Crippen molar-refractivity contribution in [3.05, 3.63) is 48.3 Å². The largest absolute Gasteiger partial charge is 0.497 e. The molecule has 0 aliphatic heterocycles. The zero-order valence-electron chi connectivity index (χ0n) is 13.3. The summed E-state index contributed by atoms with van der Waals surface area (Å²) >= 11 is 1.37. The van der Waals surface area contributed by atoms with Gasteiger partial charge >= 0.3 is 0 Å². The highest BCUT2D eigenvalue weighted by Gasteiger charge is 2.10. The van der Waals surface area contributed by atoms with Gasteiger partial charge in [-0.05, 0) is 24.6 Å². The maximum Gasteiger partial charge on any atom is 0.230 e. The Morgan fingerprint density at radius 1 is 1.39 bits per heavy atom. The molecule has 2 aromatic rings. The van der Waals surface area contributed by atoms with Crippen LogP contribution in [0, 0.1) is 6.92 Å². The van der Waals surface area contributed by atoms with Crippen LogP contribution >= 0.6 is 11.8 Å². The fourth-order valence-corrected chi connectivity index (χ4v) is 2.76. The molecule has 0 bridgehead atoms. The molecule has 1 N–H and O–H groups in total. The molecule has 1 heterocycles. The summed E-state index contributed by atoms with van der Waals surface area (Å²) in [5, 5.41) is 11.7. The van der Waals surface area contributed by atoms with E-state index in [2.05, 4.69) is 22.1 Å². The lowest BCUT2D eigenvalue weighted by atomic mass is 10.2. The smallest absolute Gasteiger partial charge is 0.230 e. The minimum Gasteiger partial charge on any atom is -0.497 e. The van der Waals surface area contributed by atoms with E-state index in [1.807, 2.05) is 35.8 Å². The topological polar surface area (TPSA) is 69.0 Å². The monoisotopic (exact) mass is 332 g/mol. The van der Waals surface area contributed by atoms with E-state index in [-0.39, 0.29) is 5.91 Å². The van der Waals surface area contributed by atoms with Gasteiger partial charge in [0.1, 0.15) is 11.6 Å². The number of thioether (sulfide) groups is 1. The number of amides is 1. The van der Waals surface area contributed by atoms with Crippen LogP contribution < -0.4 is 10.1 Å². The number of aromatic nitrogens is 3. The zero-order chi connectivity index (χ0) is 16.7. The molecule has 122 valence electrons. The number of methoxy groups -OCH3 is 1. The van der Waals surface area contributed by atoms with Gasteiger partial charge in [-0.15, -0.1) is 16.8 Å². The summed E-state index contributed by atoms with van der Waals surface area (Å²) in [5.41, 5.74) is 1.02. The van der Waals surface area contributed by atoms with Crippen molar-refractivity contribution in [1.82, 2.24) is 20.1 Å². The second-order valence-corrected chi connectivity index (χ2v) is 5.79. The Morgan fingerprint density at radius 2 is 2.13 bits per heavy atom. The first-order chi connectivity index (χ1) is 11.1. The molecule has 0 unspecified atom stereocenters. The predicted octanol–water partition coefficient (Wildman–Crippen LogP) is 2.19. The Kier molecular flexibility index (Phi) is 6.22. The van der Waals surface area contributed by atoms with Crippen molar-refractivity contribution in [3.8, 4) is 5.75 Å². The van der Waals surface area contributed by atoms with Crippen molar-refractivity contribution < 1.29 is 9.53 Å². The molecule has 6 nitrogen and oxygen atoms in total. The lowest BCUT2D eigenvalue weighted by molar-refractivity contribution is -0.118. The van der Waals surface area contributed by atoms with Crippen molar-refractivity contribution >= 4 is 17.7 Å². The minimum absolute atomic E-state index is 0.0448. The molecule has 1 amide bonds. The summed E-state index contributed by atoms with van der Waals surface area (Å²) < 4.78 is 7.03. The average Bonchev–Trinajstić information content (AvgIpc) is 2.92. The first kappa shape index (κ1) is 17.1. The Morgan fingerprint density at radius 3 is 2.78 bits per heavy atom. The molecule has 0 saturated carbocycles. The van der Waals surface area contributed by atoms with Gasteiger partial charge in [0, 0.05) is 13.1 Å². The number of hydrogen-bond acceptors (Lipinski definition) is 5. The average molecular weight is 332 g/mol. The van der Waals surface area contributed by atoms with Gasteiger partial charge in [-0.2, -0.15) is 0 Å². The molecule has 0 fully saturated rings. The highest BCUT2D eigenvalue weighted by Crippen LogP contribution is 2.16. The van der Waals surface area contributed by atoms with Gasteiger partial charge in [-0.25, -0.2) is 0 Å². The number of nitrogens with one attached hydrogen (secondary N) is 1. The van der Waals surface area contributed by atoms with Gasteiger partial charge in [0.05, 0.1) is 12.9 Å². The molecule has 0 aliphatic rings. The number of carbonyl (C=O) groups is 1. The number of carbonyl (C=O) groups excluding carboxylic acids is 1. The van der Waals surface area contributed by atoms with E-state index in [1.165, 1.54) is 11.8 Å². The van der Waals surface area contributed by atoms with Gasteiger partial charge in [-0.3, -0.25) is 4.79 Å². The van der Waals surface area contributed by atoms with E-state index in [4.69, 9.17) is 4.74 Å². The molecule has 0 radical (unpaired) electrons. The van der Waals surface area contributed by atoms with Crippen LogP contribution in [0.5, 0.6) is 5.75 Å². The number of aryl methyl sites for hydroxylation is 1. The van der Waals surface area contributed by atoms with E-state index in [0.717, 1.165) is 22.3 Å². The predicted molar refractivity (Wildman–Crippen MR) is 90.5 cm³/mol. The Hall–Kier alpha value is -2.28. The van der Waals surface area contributed by atoms with Crippen LogP contribution in [-0.2, 0) is 17.9 Å². The van der Waals surface area contributed by atoms with Crippen LogP contribution in [0.1, 0.15) is 11.4 Å². The quantitative estimate of drug-likeness (QED) is 0.593. The highest BCUT2D eigenvalue weighted by atomic mass is 32.2. The number of hydrogen-bond donors (Lipinski definition) is 1. The lowest BCUT2D eigenvalue weighted by Crippen LogP contribution is -2.24. The van der Waals surface area contributed by atoms with Crippen molar-refractivity contribution in [1.29, 1.82) is 0 Å².